The molecule has 72 valence electrons. The van der Waals surface area contributed by atoms with Gasteiger partial charge in [0.05, 0.1) is 5.56 Å². The second-order valence-corrected chi connectivity index (χ2v) is 2.61. The molecule has 0 amide bonds. The minimum Gasteiger partial charge on any atom is -0.507 e. The van der Waals surface area contributed by atoms with Gasteiger partial charge in [-0.2, -0.15) is 8.78 Å². The maximum atomic E-state index is 12.7. The summed E-state index contributed by atoms with van der Waals surface area (Å²) in [7, 11) is 0. The van der Waals surface area contributed by atoms with Crippen LogP contribution in [0.4, 0.5) is 18.9 Å². The Morgan fingerprint density at radius 3 is 2.46 bits per heavy atom. The van der Waals surface area contributed by atoms with Crippen molar-refractivity contribution in [3.63, 3.8) is 0 Å². The Bertz CT molecular complexity index is 314. The summed E-state index contributed by atoms with van der Waals surface area (Å²) in [6.45, 7) is -1.84. The van der Waals surface area contributed by atoms with Crippen LogP contribution in [0.15, 0.2) is 18.2 Å². The first-order valence-corrected chi connectivity index (χ1v) is 3.50. The first-order valence-electron chi connectivity index (χ1n) is 3.50. The van der Waals surface area contributed by atoms with Crippen LogP contribution in [0.3, 0.4) is 0 Å². The zero-order chi connectivity index (χ0) is 10.1. The minimum atomic E-state index is -3.65. The van der Waals surface area contributed by atoms with E-state index in [2.05, 4.69) is 0 Å². The summed E-state index contributed by atoms with van der Waals surface area (Å²) in [5, 5.41) is 9.03. The lowest BCUT2D eigenvalue weighted by atomic mass is 10.1. The molecular weight excluding hydrogens is 183 g/mol. The van der Waals surface area contributed by atoms with Crippen molar-refractivity contribution in [2.75, 3.05) is 12.4 Å². The standard InChI is InChI=1S/C8H8F3NO/c9-4-8(10,11)6-2-1-5(12)3-7(6)13/h1-3,13H,4,12H2. The highest BCUT2D eigenvalue weighted by Gasteiger charge is 2.34. The molecule has 0 saturated heterocycles. The molecule has 0 aliphatic carbocycles. The molecule has 0 saturated carbocycles. The third-order valence-electron chi connectivity index (χ3n) is 1.58. The molecule has 0 fully saturated rings. The molecule has 13 heavy (non-hydrogen) atoms. The van der Waals surface area contributed by atoms with Gasteiger partial charge in [0, 0.05) is 11.8 Å². The van der Waals surface area contributed by atoms with Gasteiger partial charge in [0.15, 0.2) is 6.67 Å². The molecule has 0 aliphatic rings. The number of hydrogen-bond acceptors (Lipinski definition) is 2. The maximum Gasteiger partial charge on any atom is 0.304 e. The van der Waals surface area contributed by atoms with Crippen molar-refractivity contribution in [1.82, 2.24) is 0 Å². The van der Waals surface area contributed by atoms with E-state index in [0.29, 0.717) is 0 Å². The van der Waals surface area contributed by atoms with Crippen molar-refractivity contribution < 1.29 is 18.3 Å². The van der Waals surface area contributed by atoms with Crippen LogP contribution >= 0.6 is 0 Å². The minimum absolute atomic E-state index is 0.149. The van der Waals surface area contributed by atoms with Crippen LogP contribution in [0.25, 0.3) is 0 Å². The van der Waals surface area contributed by atoms with Crippen LogP contribution in [0, 0.1) is 0 Å². The Balaban J connectivity index is 3.16. The summed E-state index contributed by atoms with van der Waals surface area (Å²) >= 11 is 0. The monoisotopic (exact) mass is 191 g/mol. The zero-order valence-corrected chi connectivity index (χ0v) is 6.60. The molecule has 5 heteroatoms. The smallest absolute Gasteiger partial charge is 0.304 e. The van der Waals surface area contributed by atoms with Gasteiger partial charge in [0.25, 0.3) is 0 Å². The predicted molar refractivity (Wildman–Crippen MR) is 42.4 cm³/mol. The Morgan fingerprint density at radius 1 is 1.38 bits per heavy atom. The molecule has 0 aliphatic heterocycles. The van der Waals surface area contributed by atoms with Gasteiger partial charge in [0.2, 0.25) is 0 Å². The molecule has 1 aromatic carbocycles. The number of nitrogen functional groups attached to an aromatic ring is 1. The summed E-state index contributed by atoms with van der Waals surface area (Å²) in [5.41, 5.74) is 4.62. The Hall–Kier alpha value is -1.39. The molecule has 0 heterocycles. The first-order chi connectivity index (χ1) is 5.97. The summed E-state index contributed by atoms with van der Waals surface area (Å²) in [6.07, 6.45) is 0. The predicted octanol–water partition coefficient (Wildman–Crippen LogP) is 2.04. The lowest BCUT2D eigenvalue weighted by molar-refractivity contribution is -0.0298. The number of anilines is 1. The highest BCUT2D eigenvalue weighted by Crippen LogP contribution is 2.35. The van der Waals surface area contributed by atoms with Crippen molar-refractivity contribution in [1.29, 1.82) is 0 Å². The number of phenolic OH excluding ortho intramolecular Hbond substituents is 1. The van der Waals surface area contributed by atoms with E-state index in [9.17, 15) is 13.2 Å². The summed E-state index contributed by atoms with van der Waals surface area (Å²) < 4.78 is 37.2. The quantitative estimate of drug-likeness (QED) is 0.702. The third-order valence-corrected chi connectivity index (χ3v) is 1.58. The number of phenols is 1. The molecule has 3 N–H and O–H groups in total. The van der Waals surface area contributed by atoms with Crippen molar-refractivity contribution in [3.8, 4) is 5.75 Å². The third kappa shape index (κ3) is 1.85. The highest BCUT2D eigenvalue weighted by atomic mass is 19.3. The number of benzene rings is 1. The zero-order valence-electron chi connectivity index (χ0n) is 6.60. The number of nitrogens with two attached hydrogens (primary N) is 1. The number of alkyl halides is 3. The van der Waals surface area contributed by atoms with Crippen LogP contribution in [-0.4, -0.2) is 11.8 Å². The van der Waals surface area contributed by atoms with Gasteiger partial charge in [-0.1, -0.05) is 0 Å². The summed E-state index contributed by atoms with van der Waals surface area (Å²) in [4.78, 5) is 0. The van der Waals surface area contributed by atoms with Crippen LogP contribution < -0.4 is 5.73 Å². The fourth-order valence-electron chi connectivity index (χ4n) is 0.930. The molecule has 1 aromatic rings. The van der Waals surface area contributed by atoms with Gasteiger partial charge in [0.1, 0.15) is 5.75 Å². The second kappa shape index (κ2) is 3.16. The number of halogens is 3. The van der Waals surface area contributed by atoms with E-state index in [0.717, 1.165) is 12.1 Å². The van der Waals surface area contributed by atoms with Crippen LogP contribution in [0.1, 0.15) is 5.56 Å². The SMILES string of the molecule is Nc1ccc(C(F)(F)CF)c(O)c1. The van der Waals surface area contributed by atoms with Crippen LogP contribution in [0.2, 0.25) is 0 Å². The Morgan fingerprint density at radius 2 is 2.00 bits per heavy atom. The highest BCUT2D eigenvalue weighted by molar-refractivity contribution is 5.49. The fourth-order valence-corrected chi connectivity index (χ4v) is 0.930. The Kier molecular flexibility index (Phi) is 2.36. The second-order valence-electron chi connectivity index (χ2n) is 2.61. The fraction of sp³-hybridized carbons (Fsp3) is 0.250. The lowest BCUT2D eigenvalue weighted by Gasteiger charge is -2.13. The molecule has 0 bridgehead atoms. The number of rotatable bonds is 2. The van der Waals surface area contributed by atoms with E-state index >= 15 is 0 Å². The van der Waals surface area contributed by atoms with E-state index < -0.39 is 23.9 Å². The van der Waals surface area contributed by atoms with E-state index in [-0.39, 0.29) is 5.69 Å². The first kappa shape index (κ1) is 9.70. The van der Waals surface area contributed by atoms with Gasteiger partial charge in [-0.3, -0.25) is 0 Å². The van der Waals surface area contributed by atoms with Gasteiger partial charge >= 0.3 is 5.92 Å². The molecule has 1 rings (SSSR count). The van der Waals surface area contributed by atoms with E-state index in [1.807, 2.05) is 0 Å². The van der Waals surface area contributed by atoms with Crippen molar-refractivity contribution >= 4 is 5.69 Å². The summed E-state index contributed by atoms with van der Waals surface area (Å²) in [5.74, 6) is -4.35. The van der Waals surface area contributed by atoms with Gasteiger partial charge < -0.3 is 10.8 Å². The molecule has 0 spiro atoms. The average molecular weight is 191 g/mol. The Labute approximate surface area is 72.8 Å². The van der Waals surface area contributed by atoms with Gasteiger partial charge in [-0.05, 0) is 12.1 Å². The van der Waals surface area contributed by atoms with Crippen LogP contribution in [0.5, 0.6) is 5.75 Å². The molecule has 2 nitrogen and oxygen atoms in total. The van der Waals surface area contributed by atoms with Crippen molar-refractivity contribution in [2.45, 2.75) is 5.92 Å². The topological polar surface area (TPSA) is 46.2 Å². The van der Waals surface area contributed by atoms with Crippen molar-refractivity contribution in [2.24, 2.45) is 0 Å². The molecule has 0 atom stereocenters. The molecule has 0 aromatic heterocycles. The molecule has 0 unspecified atom stereocenters. The number of hydrogen-bond donors (Lipinski definition) is 2. The lowest BCUT2D eigenvalue weighted by Crippen LogP contribution is -2.15. The molecule has 0 radical (unpaired) electrons. The van der Waals surface area contributed by atoms with E-state index in [1.165, 1.54) is 6.07 Å². The van der Waals surface area contributed by atoms with E-state index in [1.54, 1.807) is 0 Å². The van der Waals surface area contributed by atoms with Crippen molar-refractivity contribution in [3.05, 3.63) is 23.8 Å². The van der Waals surface area contributed by atoms with Gasteiger partial charge in [-0.15, -0.1) is 0 Å². The summed E-state index contributed by atoms with van der Waals surface area (Å²) in [6, 6.07) is 3.04. The van der Waals surface area contributed by atoms with Gasteiger partial charge in [-0.25, -0.2) is 4.39 Å². The maximum absolute atomic E-state index is 12.7. The van der Waals surface area contributed by atoms with Crippen LogP contribution in [-0.2, 0) is 5.92 Å². The molecular formula is C8H8F3NO. The largest absolute Gasteiger partial charge is 0.507 e. The normalized spacial score (nSPS) is 11.6. The number of aromatic hydroxyl groups is 1. The van der Waals surface area contributed by atoms with E-state index in [4.69, 9.17) is 10.8 Å². The average Bonchev–Trinajstić information content (AvgIpc) is 2.03.